The smallest absolute Gasteiger partial charge is 0.291 e. The summed E-state index contributed by atoms with van der Waals surface area (Å²) in [7, 11) is 0. The summed E-state index contributed by atoms with van der Waals surface area (Å²) >= 11 is 0. The molecule has 1 N–H and O–H groups in total. The van der Waals surface area contributed by atoms with E-state index < -0.39 is 0 Å². The zero-order valence-electron chi connectivity index (χ0n) is 13.8. The van der Waals surface area contributed by atoms with E-state index in [0.29, 0.717) is 5.76 Å². The normalized spacial score (nSPS) is 16.4. The molecule has 0 radical (unpaired) electrons. The second-order valence-corrected chi connectivity index (χ2v) is 6.52. The first-order valence-corrected chi connectivity index (χ1v) is 8.29. The highest BCUT2D eigenvalue weighted by molar-refractivity contribution is 6.02. The van der Waals surface area contributed by atoms with Crippen molar-refractivity contribution >= 4 is 11.6 Å². The molecule has 1 aliphatic rings. The van der Waals surface area contributed by atoms with Crippen LogP contribution in [0.2, 0.25) is 0 Å². The minimum absolute atomic E-state index is 0.212. The quantitative estimate of drug-likeness (QED) is 0.925. The lowest BCUT2D eigenvalue weighted by molar-refractivity contribution is 0.0995. The lowest BCUT2D eigenvalue weighted by Crippen LogP contribution is -2.32. The summed E-state index contributed by atoms with van der Waals surface area (Å²) in [4.78, 5) is 14.5. The number of piperidine rings is 1. The molecule has 0 unspecified atom stereocenters. The maximum absolute atomic E-state index is 12.0. The molecule has 1 fully saturated rings. The molecule has 1 aromatic carbocycles. The van der Waals surface area contributed by atoms with Crippen molar-refractivity contribution in [3.8, 4) is 0 Å². The largest absolute Gasteiger partial charge is 0.456 e. The van der Waals surface area contributed by atoms with Crippen molar-refractivity contribution in [1.82, 2.24) is 4.90 Å². The van der Waals surface area contributed by atoms with Gasteiger partial charge in [0.05, 0.1) is 0 Å². The summed E-state index contributed by atoms with van der Waals surface area (Å²) in [5, 5.41) is 2.86. The number of rotatable bonds is 4. The van der Waals surface area contributed by atoms with E-state index >= 15 is 0 Å². The molecule has 4 heteroatoms. The number of carbonyl (C=O) groups is 1. The van der Waals surface area contributed by atoms with Crippen molar-refractivity contribution in [2.75, 3.05) is 18.4 Å². The van der Waals surface area contributed by atoms with Crippen molar-refractivity contribution in [2.24, 2.45) is 5.92 Å². The van der Waals surface area contributed by atoms with Crippen molar-refractivity contribution in [3.05, 3.63) is 53.5 Å². The summed E-state index contributed by atoms with van der Waals surface area (Å²) in [6.45, 7) is 7.50. The van der Waals surface area contributed by atoms with Gasteiger partial charge in [-0.25, -0.2) is 0 Å². The third-order valence-electron chi connectivity index (χ3n) is 4.46. The van der Waals surface area contributed by atoms with E-state index in [4.69, 9.17) is 4.42 Å². The molecule has 1 aromatic heterocycles. The number of aryl methyl sites for hydroxylation is 1. The first kappa shape index (κ1) is 15.8. The number of nitrogens with zero attached hydrogens (tertiary/aromatic N) is 1. The lowest BCUT2D eigenvalue weighted by Gasteiger charge is -2.30. The molecule has 23 heavy (non-hydrogen) atoms. The summed E-state index contributed by atoms with van der Waals surface area (Å²) in [5.74, 6) is 1.72. The predicted octanol–water partition coefficient (Wildman–Crippen LogP) is 4.07. The number of likely N-dealkylation sites (tertiary alicyclic amines) is 1. The van der Waals surface area contributed by atoms with Gasteiger partial charge in [0.15, 0.2) is 5.76 Å². The fourth-order valence-electron chi connectivity index (χ4n) is 2.92. The van der Waals surface area contributed by atoms with Gasteiger partial charge in [-0.05, 0) is 68.6 Å². The number of amides is 1. The molecule has 3 rings (SSSR count). The Hall–Kier alpha value is -2.07. The van der Waals surface area contributed by atoms with Crippen LogP contribution < -0.4 is 5.32 Å². The summed E-state index contributed by atoms with van der Waals surface area (Å²) in [6.07, 6.45) is 2.58. The average molecular weight is 312 g/mol. The number of benzene rings is 1. The molecule has 1 amide bonds. The molecule has 2 heterocycles. The van der Waals surface area contributed by atoms with Gasteiger partial charge in [0.1, 0.15) is 5.76 Å². The second kappa shape index (κ2) is 7.01. The fourth-order valence-corrected chi connectivity index (χ4v) is 2.92. The van der Waals surface area contributed by atoms with E-state index in [0.717, 1.165) is 23.9 Å². The highest BCUT2D eigenvalue weighted by Gasteiger charge is 2.15. The first-order valence-electron chi connectivity index (χ1n) is 8.29. The summed E-state index contributed by atoms with van der Waals surface area (Å²) in [5.41, 5.74) is 2.08. The standard InChI is InChI=1S/C19H24N2O2/c1-14-9-11-21(12-10-14)13-16-4-6-17(7-5-16)20-19(22)18-8-3-15(2)23-18/h3-8,14H,9-13H2,1-2H3,(H,20,22). The van der Waals surface area contributed by atoms with Gasteiger partial charge in [-0.2, -0.15) is 0 Å². The summed E-state index contributed by atoms with van der Waals surface area (Å²) < 4.78 is 5.33. The van der Waals surface area contributed by atoms with Crippen LogP contribution in [0.15, 0.2) is 40.8 Å². The van der Waals surface area contributed by atoms with E-state index in [9.17, 15) is 4.79 Å². The minimum atomic E-state index is -0.212. The van der Waals surface area contributed by atoms with Gasteiger partial charge in [-0.1, -0.05) is 19.1 Å². The Labute approximate surface area is 137 Å². The average Bonchev–Trinajstić information content (AvgIpc) is 2.98. The second-order valence-electron chi connectivity index (χ2n) is 6.52. The number of carbonyl (C=O) groups excluding carboxylic acids is 1. The van der Waals surface area contributed by atoms with Crippen LogP contribution in [0.1, 0.15) is 41.6 Å². The van der Waals surface area contributed by atoms with Crippen molar-refractivity contribution in [1.29, 1.82) is 0 Å². The Morgan fingerprint density at radius 2 is 1.87 bits per heavy atom. The predicted molar refractivity (Wildman–Crippen MR) is 91.5 cm³/mol. The monoisotopic (exact) mass is 312 g/mol. The van der Waals surface area contributed by atoms with E-state index in [-0.39, 0.29) is 5.91 Å². The number of hydrogen-bond acceptors (Lipinski definition) is 3. The third kappa shape index (κ3) is 4.23. The van der Waals surface area contributed by atoms with Crippen LogP contribution in [-0.4, -0.2) is 23.9 Å². The zero-order valence-corrected chi connectivity index (χ0v) is 13.8. The van der Waals surface area contributed by atoms with Gasteiger partial charge in [-0.15, -0.1) is 0 Å². The number of furan rings is 1. The highest BCUT2D eigenvalue weighted by Crippen LogP contribution is 2.19. The zero-order chi connectivity index (χ0) is 16.2. The van der Waals surface area contributed by atoms with Crippen molar-refractivity contribution in [2.45, 2.75) is 33.2 Å². The Bertz CT molecular complexity index is 652. The molecular weight excluding hydrogens is 288 g/mol. The molecular formula is C19H24N2O2. The van der Waals surface area contributed by atoms with E-state index in [1.807, 2.05) is 19.1 Å². The maximum atomic E-state index is 12.0. The van der Waals surface area contributed by atoms with Gasteiger partial charge in [-0.3, -0.25) is 9.69 Å². The van der Waals surface area contributed by atoms with Gasteiger partial charge in [0.25, 0.3) is 5.91 Å². The van der Waals surface area contributed by atoms with Crippen molar-refractivity contribution < 1.29 is 9.21 Å². The van der Waals surface area contributed by atoms with Crippen LogP contribution >= 0.6 is 0 Å². The van der Waals surface area contributed by atoms with E-state index in [1.54, 1.807) is 12.1 Å². The first-order chi connectivity index (χ1) is 11.1. The molecule has 0 spiro atoms. The fraction of sp³-hybridized carbons (Fsp3) is 0.421. The molecule has 1 saturated heterocycles. The Morgan fingerprint density at radius 3 is 2.48 bits per heavy atom. The van der Waals surface area contributed by atoms with Gasteiger partial charge in [0, 0.05) is 12.2 Å². The Morgan fingerprint density at radius 1 is 1.17 bits per heavy atom. The molecule has 0 aliphatic carbocycles. The molecule has 0 bridgehead atoms. The SMILES string of the molecule is Cc1ccc(C(=O)Nc2ccc(CN3CCC(C)CC3)cc2)o1. The maximum Gasteiger partial charge on any atom is 0.291 e. The number of hydrogen-bond donors (Lipinski definition) is 1. The van der Waals surface area contributed by atoms with E-state index in [2.05, 4.69) is 29.3 Å². The van der Waals surface area contributed by atoms with Gasteiger partial charge >= 0.3 is 0 Å². The molecule has 2 aromatic rings. The number of nitrogens with one attached hydrogen (secondary N) is 1. The van der Waals surface area contributed by atoms with Crippen LogP contribution in [0.25, 0.3) is 0 Å². The van der Waals surface area contributed by atoms with Crippen LogP contribution in [-0.2, 0) is 6.54 Å². The molecule has 122 valence electrons. The van der Waals surface area contributed by atoms with Gasteiger partial charge in [0.2, 0.25) is 0 Å². The summed E-state index contributed by atoms with van der Waals surface area (Å²) in [6, 6.07) is 11.6. The number of anilines is 1. The van der Waals surface area contributed by atoms with Crippen LogP contribution in [0.4, 0.5) is 5.69 Å². The van der Waals surface area contributed by atoms with E-state index in [1.165, 1.54) is 31.5 Å². The Kier molecular flexibility index (Phi) is 4.82. The lowest BCUT2D eigenvalue weighted by atomic mass is 9.99. The van der Waals surface area contributed by atoms with Crippen LogP contribution in [0, 0.1) is 12.8 Å². The Balaban J connectivity index is 1.55. The molecule has 4 nitrogen and oxygen atoms in total. The van der Waals surface area contributed by atoms with Crippen LogP contribution in [0.5, 0.6) is 0 Å². The highest BCUT2D eigenvalue weighted by atomic mass is 16.3. The molecule has 1 aliphatic heterocycles. The minimum Gasteiger partial charge on any atom is -0.456 e. The van der Waals surface area contributed by atoms with Gasteiger partial charge < -0.3 is 9.73 Å². The molecule has 0 saturated carbocycles. The third-order valence-corrected chi connectivity index (χ3v) is 4.46. The molecule has 0 atom stereocenters. The van der Waals surface area contributed by atoms with Crippen molar-refractivity contribution in [3.63, 3.8) is 0 Å². The topological polar surface area (TPSA) is 45.5 Å². The van der Waals surface area contributed by atoms with Crippen LogP contribution in [0.3, 0.4) is 0 Å².